The van der Waals surface area contributed by atoms with E-state index in [0.717, 1.165) is 19.3 Å². The van der Waals surface area contributed by atoms with Gasteiger partial charge in [0.25, 0.3) is 0 Å². The van der Waals surface area contributed by atoms with Crippen molar-refractivity contribution in [2.75, 3.05) is 26.3 Å². The van der Waals surface area contributed by atoms with Gasteiger partial charge in [0.1, 0.15) is 6.04 Å². The van der Waals surface area contributed by atoms with Crippen LogP contribution in [0.2, 0.25) is 0 Å². The molecular weight excluding hydrogens is 220 g/mol. The summed E-state index contributed by atoms with van der Waals surface area (Å²) in [4.78, 5) is 25.3. The fourth-order valence-corrected chi connectivity index (χ4v) is 2.17. The molecule has 1 atom stereocenters. The summed E-state index contributed by atoms with van der Waals surface area (Å²) in [5, 5.41) is 2.80. The second kappa shape index (κ2) is 5.49. The summed E-state index contributed by atoms with van der Waals surface area (Å²) in [7, 11) is 0. The number of carbonyl (C=O) groups excluding carboxylic acids is 2. The van der Waals surface area contributed by atoms with Crippen LogP contribution in [-0.2, 0) is 14.3 Å². The molecule has 0 radical (unpaired) electrons. The maximum absolute atomic E-state index is 12.1. The maximum atomic E-state index is 12.1. The molecule has 2 amide bonds. The number of nitrogens with one attached hydrogen (secondary N) is 1. The molecular formula is C12H20N2O3. The van der Waals surface area contributed by atoms with E-state index in [1.54, 1.807) is 4.90 Å². The molecule has 1 unspecified atom stereocenters. The Balaban J connectivity index is 1.82. The van der Waals surface area contributed by atoms with Gasteiger partial charge in [-0.05, 0) is 32.1 Å². The molecule has 96 valence electrons. The van der Waals surface area contributed by atoms with Crippen LogP contribution in [0.3, 0.4) is 0 Å². The van der Waals surface area contributed by atoms with Crippen molar-refractivity contribution in [1.82, 2.24) is 10.2 Å². The van der Waals surface area contributed by atoms with Crippen LogP contribution < -0.4 is 5.32 Å². The van der Waals surface area contributed by atoms with E-state index in [2.05, 4.69) is 5.32 Å². The highest BCUT2D eigenvalue weighted by atomic mass is 16.5. The van der Waals surface area contributed by atoms with E-state index in [-0.39, 0.29) is 24.4 Å². The Kier molecular flexibility index (Phi) is 3.99. The van der Waals surface area contributed by atoms with Gasteiger partial charge in [-0.1, -0.05) is 0 Å². The highest BCUT2D eigenvalue weighted by Crippen LogP contribution is 2.34. The zero-order valence-electron chi connectivity index (χ0n) is 10.3. The third-order valence-corrected chi connectivity index (χ3v) is 3.24. The van der Waals surface area contributed by atoms with Crippen LogP contribution >= 0.6 is 0 Å². The van der Waals surface area contributed by atoms with Gasteiger partial charge in [-0.25, -0.2) is 0 Å². The molecule has 0 bridgehead atoms. The third kappa shape index (κ3) is 3.19. The fraction of sp³-hybridized carbons (Fsp3) is 0.833. The number of ether oxygens (including phenoxy) is 1. The SMILES string of the molecule is CCOCCCN1CC(=O)NC(C2CC2)C1=O. The van der Waals surface area contributed by atoms with Gasteiger partial charge in [-0.3, -0.25) is 9.59 Å². The lowest BCUT2D eigenvalue weighted by Gasteiger charge is -2.32. The second-order valence-corrected chi connectivity index (χ2v) is 4.69. The van der Waals surface area contributed by atoms with Gasteiger partial charge in [-0.2, -0.15) is 0 Å². The van der Waals surface area contributed by atoms with Crippen molar-refractivity contribution in [2.24, 2.45) is 5.92 Å². The van der Waals surface area contributed by atoms with Gasteiger partial charge in [0.2, 0.25) is 11.8 Å². The molecule has 1 N–H and O–H groups in total. The molecule has 0 aromatic heterocycles. The van der Waals surface area contributed by atoms with Crippen LogP contribution in [0, 0.1) is 5.92 Å². The van der Waals surface area contributed by atoms with Crippen LogP contribution in [0.5, 0.6) is 0 Å². The van der Waals surface area contributed by atoms with Crippen molar-refractivity contribution in [3.8, 4) is 0 Å². The van der Waals surface area contributed by atoms with Crippen LogP contribution in [0.25, 0.3) is 0 Å². The second-order valence-electron chi connectivity index (χ2n) is 4.69. The Morgan fingerprint density at radius 3 is 2.82 bits per heavy atom. The summed E-state index contributed by atoms with van der Waals surface area (Å²) in [6.45, 7) is 4.11. The number of carbonyl (C=O) groups is 2. The van der Waals surface area contributed by atoms with E-state index in [1.165, 1.54) is 0 Å². The van der Waals surface area contributed by atoms with Gasteiger partial charge < -0.3 is 15.0 Å². The van der Waals surface area contributed by atoms with Crippen molar-refractivity contribution in [2.45, 2.75) is 32.2 Å². The lowest BCUT2D eigenvalue weighted by Crippen LogP contribution is -2.59. The van der Waals surface area contributed by atoms with Crippen LogP contribution in [0.4, 0.5) is 0 Å². The molecule has 1 aliphatic heterocycles. The molecule has 1 heterocycles. The lowest BCUT2D eigenvalue weighted by molar-refractivity contribution is -0.145. The van der Waals surface area contributed by atoms with Crippen LogP contribution in [0.1, 0.15) is 26.2 Å². The van der Waals surface area contributed by atoms with Crippen LogP contribution in [0.15, 0.2) is 0 Å². The smallest absolute Gasteiger partial charge is 0.245 e. The van der Waals surface area contributed by atoms with Gasteiger partial charge in [0.05, 0.1) is 6.54 Å². The first-order chi connectivity index (χ1) is 8.22. The van der Waals surface area contributed by atoms with Gasteiger partial charge in [0.15, 0.2) is 0 Å². The highest BCUT2D eigenvalue weighted by molar-refractivity contribution is 5.95. The van der Waals surface area contributed by atoms with Crippen LogP contribution in [-0.4, -0.2) is 49.1 Å². The molecule has 2 fully saturated rings. The zero-order chi connectivity index (χ0) is 12.3. The molecule has 0 aromatic carbocycles. The summed E-state index contributed by atoms with van der Waals surface area (Å²) in [5.41, 5.74) is 0. The standard InChI is InChI=1S/C12H20N2O3/c1-2-17-7-3-6-14-8-10(15)13-11(12(14)16)9-4-5-9/h9,11H,2-8H2,1H3,(H,13,15). The number of nitrogens with zero attached hydrogens (tertiary/aromatic N) is 1. The highest BCUT2D eigenvalue weighted by Gasteiger charge is 2.42. The predicted molar refractivity (Wildman–Crippen MR) is 62.3 cm³/mol. The molecule has 1 saturated carbocycles. The Bertz CT molecular complexity index is 302. The first-order valence-electron chi connectivity index (χ1n) is 6.38. The van der Waals surface area contributed by atoms with Crippen molar-refractivity contribution in [3.05, 3.63) is 0 Å². The van der Waals surface area contributed by atoms with Gasteiger partial charge >= 0.3 is 0 Å². The zero-order valence-corrected chi connectivity index (χ0v) is 10.3. The third-order valence-electron chi connectivity index (χ3n) is 3.24. The Morgan fingerprint density at radius 1 is 1.41 bits per heavy atom. The quantitative estimate of drug-likeness (QED) is 0.672. The first-order valence-corrected chi connectivity index (χ1v) is 6.38. The molecule has 2 aliphatic rings. The molecule has 5 nitrogen and oxygen atoms in total. The minimum absolute atomic E-state index is 0.0297. The minimum Gasteiger partial charge on any atom is -0.382 e. The topological polar surface area (TPSA) is 58.6 Å². The number of hydrogen-bond acceptors (Lipinski definition) is 3. The molecule has 5 heteroatoms. The largest absolute Gasteiger partial charge is 0.382 e. The number of rotatable bonds is 6. The summed E-state index contributed by atoms with van der Waals surface area (Å²) in [5.74, 6) is 0.433. The van der Waals surface area contributed by atoms with E-state index < -0.39 is 0 Å². The normalized spacial score (nSPS) is 25.0. The molecule has 17 heavy (non-hydrogen) atoms. The van der Waals surface area contributed by atoms with E-state index in [4.69, 9.17) is 4.74 Å². The van der Waals surface area contributed by atoms with Crippen molar-refractivity contribution in [3.63, 3.8) is 0 Å². The molecule has 1 aliphatic carbocycles. The summed E-state index contributed by atoms with van der Waals surface area (Å²) in [6.07, 6.45) is 2.91. The average Bonchev–Trinajstić information content (AvgIpc) is 3.12. The Hall–Kier alpha value is -1.10. The minimum atomic E-state index is -0.261. The van der Waals surface area contributed by atoms with Crippen molar-refractivity contribution in [1.29, 1.82) is 0 Å². The maximum Gasteiger partial charge on any atom is 0.245 e. The number of piperazine rings is 1. The summed E-state index contributed by atoms with van der Waals surface area (Å²) < 4.78 is 5.23. The van der Waals surface area contributed by atoms with E-state index in [9.17, 15) is 9.59 Å². The summed E-state index contributed by atoms with van der Waals surface area (Å²) >= 11 is 0. The van der Waals surface area contributed by atoms with Gasteiger partial charge in [-0.15, -0.1) is 0 Å². The predicted octanol–water partition coefficient (Wildman–Crippen LogP) is 0.150. The molecule has 0 aromatic rings. The molecule has 1 saturated heterocycles. The Labute approximate surface area is 101 Å². The van der Waals surface area contributed by atoms with E-state index in [1.807, 2.05) is 6.92 Å². The fourth-order valence-electron chi connectivity index (χ4n) is 2.17. The average molecular weight is 240 g/mol. The lowest BCUT2D eigenvalue weighted by atomic mass is 10.1. The number of hydrogen-bond donors (Lipinski definition) is 1. The van der Waals surface area contributed by atoms with E-state index in [0.29, 0.717) is 25.7 Å². The van der Waals surface area contributed by atoms with Crippen molar-refractivity contribution < 1.29 is 14.3 Å². The Morgan fingerprint density at radius 2 is 2.18 bits per heavy atom. The summed E-state index contributed by atoms with van der Waals surface area (Å²) in [6, 6.07) is -0.261. The van der Waals surface area contributed by atoms with E-state index >= 15 is 0 Å². The van der Waals surface area contributed by atoms with Crippen molar-refractivity contribution >= 4 is 11.8 Å². The monoisotopic (exact) mass is 240 g/mol. The molecule has 2 rings (SSSR count). The number of amides is 2. The first kappa shape index (κ1) is 12.4. The van der Waals surface area contributed by atoms with Gasteiger partial charge in [0, 0.05) is 19.8 Å². The molecule has 0 spiro atoms.